The average molecular weight is 403 g/mol. The predicted octanol–water partition coefficient (Wildman–Crippen LogP) is 4.24. The zero-order valence-electron chi connectivity index (χ0n) is 15.4. The van der Waals surface area contributed by atoms with Gasteiger partial charge in [-0.05, 0) is 36.8 Å². The number of ether oxygens (including phenoxy) is 1. The van der Waals surface area contributed by atoms with Crippen molar-refractivity contribution in [1.29, 1.82) is 0 Å². The normalized spacial score (nSPS) is 11.2. The summed E-state index contributed by atoms with van der Waals surface area (Å²) in [4.78, 5) is 24.6. The molecule has 0 fully saturated rings. The van der Waals surface area contributed by atoms with Gasteiger partial charge in [0, 0.05) is 11.8 Å². The van der Waals surface area contributed by atoms with E-state index in [1.54, 1.807) is 30.3 Å². The van der Waals surface area contributed by atoms with E-state index in [4.69, 9.17) is 0 Å². The van der Waals surface area contributed by atoms with Crippen LogP contribution in [0.5, 0.6) is 0 Å². The summed E-state index contributed by atoms with van der Waals surface area (Å²) in [6, 6.07) is 13.2. The van der Waals surface area contributed by atoms with E-state index in [0.717, 1.165) is 6.07 Å². The third-order valence-electron chi connectivity index (χ3n) is 4.14. The van der Waals surface area contributed by atoms with E-state index in [1.807, 2.05) is 0 Å². The van der Waals surface area contributed by atoms with Crippen LogP contribution in [0.3, 0.4) is 0 Å². The topological polar surface area (TPSA) is 73.2 Å². The SMILES string of the molecule is COC(=O)c1cc(C(=O)Nc2ccc(C)c(C(F)(F)F)c2)n(-c2ccccc2)n1. The van der Waals surface area contributed by atoms with Gasteiger partial charge in [0.2, 0.25) is 0 Å². The minimum absolute atomic E-state index is 0.0339. The van der Waals surface area contributed by atoms with Gasteiger partial charge in [-0.1, -0.05) is 24.3 Å². The smallest absolute Gasteiger partial charge is 0.416 e. The molecule has 0 spiro atoms. The largest absolute Gasteiger partial charge is 0.464 e. The molecule has 3 aromatic rings. The van der Waals surface area contributed by atoms with E-state index in [9.17, 15) is 22.8 Å². The van der Waals surface area contributed by atoms with Crippen molar-refractivity contribution in [3.8, 4) is 5.69 Å². The van der Waals surface area contributed by atoms with Gasteiger partial charge >= 0.3 is 12.1 Å². The fourth-order valence-electron chi connectivity index (χ4n) is 2.71. The van der Waals surface area contributed by atoms with Crippen LogP contribution in [0.15, 0.2) is 54.6 Å². The van der Waals surface area contributed by atoms with Gasteiger partial charge in [-0.25, -0.2) is 9.48 Å². The van der Waals surface area contributed by atoms with E-state index in [2.05, 4.69) is 15.2 Å². The molecule has 2 aromatic carbocycles. The van der Waals surface area contributed by atoms with Crippen molar-refractivity contribution in [3.05, 3.63) is 77.1 Å². The molecule has 1 amide bonds. The van der Waals surface area contributed by atoms with Crippen molar-refractivity contribution in [1.82, 2.24) is 9.78 Å². The first kappa shape index (κ1) is 20.1. The maximum absolute atomic E-state index is 13.1. The number of carbonyl (C=O) groups excluding carboxylic acids is 2. The first-order valence-electron chi connectivity index (χ1n) is 8.43. The van der Waals surface area contributed by atoms with Gasteiger partial charge < -0.3 is 10.1 Å². The molecule has 0 aliphatic rings. The van der Waals surface area contributed by atoms with Crippen molar-refractivity contribution < 1.29 is 27.5 Å². The first-order valence-corrected chi connectivity index (χ1v) is 8.43. The number of hydrogen-bond acceptors (Lipinski definition) is 4. The van der Waals surface area contributed by atoms with Crippen LogP contribution < -0.4 is 5.32 Å². The Morgan fingerprint density at radius 3 is 2.38 bits per heavy atom. The molecular weight excluding hydrogens is 387 g/mol. The van der Waals surface area contributed by atoms with E-state index in [-0.39, 0.29) is 22.6 Å². The predicted molar refractivity (Wildman–Crippen MR) is 99.0 cm³/mol. The van der Waals surface area contributed by atoms with Crippen molar-refractivity contribution in [2.24, 2.45) is 0 Å². The van der Waals surface area contributed by atoms with Crippen LogP contribution in [0.1, 0.15) is 32.1 Å². The number of carbonyl (C=O) groups is 2. The summed E-state index contributed by atoms with van der Waals surface area (Å²) in [6.07, 6.45) is -4.55. The Kier molecular flexibility index (Phi) is 5.40. The summed E-state index contributed by atoms with van der Waals surface area (Å²) in [5.74, 6) is -1.48. The molecule has 0 aliphatic carbocycles. The summed E-state index contributed by atoms with van der Waals surface area (Å²) < 4.78 is 45.2. The van der Waals surface area contributed by atoms with Crippen molar-refractivity contribution in [2.75, 3.05) is 12.4 Å². The number of aromatic nitrogens is 2. The highest BCUT2D eigenvalue weighted by molar-refractivity contribution is 6.04. The Morgan fingerprint density at radius 2 is 1.76 bits per heavy atom. The number of hydrogen-bond donors (Lipinski definition) is 1. The Bertz CT molecular complexity index is 1060. The number of benzene rings is 2. The average Bonchev–Trinajstić information content (AvgIpc) is 3.14. The summed E-state index contributed by atoms with van der Waals surface area (Å²) in [5.41, 5.74) is -0.493. The number of halogens is 3. The highest BCUT2D eigenvalue weighted by Crippen LogP contribution is 2.33. The molecule has 9 heteroatoms. The van der Waals surface area contributed by atoms with Gasteiger partial charge in [0.1, 0.15) is 5.69 Å². The van der Waals surface area contributed by atoms with Crippen LogP contribution in [0.2, 0.25) is 0 Å². The molecule has 0 saturated carbocycles. The fourth-order valence-corrected chi connectivity index (χ4v) is 2.71. The van der Waals surface area contributed by atoms with Gasteiger partial charge in [-0.15, -0.1) is 0 Å². The third kappa shape index (κ3) is 4.29. The Hall–Kier alpha value is -3.62. The zero-order chi connectivity index (χ0) is 21.2. The number of methoxy groups -OCH3 is 1. The molecule has 0 radical (unpaired) electrons. The number of amides is 1. The second-order valence-corrected chi connectivity index (χ2v) is 6.14. The minimum Gasteiger partial charge on any atom is -0.464 e. The second kappa shape index (κ2) is 7.78. The van der Waals surface area contributed by atoms with Gasteiger partial charge in [-0.2, -0.15) is 18.3 Å². The maximum atomic E-state index is 13.1. The molecule has 150 valence electrons. The van der Waals surface area contributed by atoms with Gasteiger partial charge in [-0.3, -0.25) is 4.79 Å². The highest BCUT2D eigenvalue weighted by atomic mass is 19.4. The monoisotopic (exact) mass is 403 g/mol. The number of rotatable bonds is 4. The molecule has 3 rings (SSSR count). The lowest BCUT2D eigenvalue weighted by Gasteiger charge is -2.13. The molecule has 0 aliphatic heterocycles. The van der Waals surface area contributed by atoms with Crippen LogP contribution in [-0.4, -0.2) is 28.8 Å². The molecule has 0 saturated heterocycles. The number of nitrogens with one attached hydrogen (secondary N) is 1. The van der Waals surface area contributed by atoms with Gasteiger partial charge in [0.15, 0.2) is 5.69 Å². The standard InChI is InChI=1S/C20H16F3N3O3/c1-12-8-9-13(10-15(12)20(21,22)23)24-18(27)17-11-16(19(28)29-2)25-26(17)14-6-4-3-5-7-14/h3-11H,1-2H3,(H,24,27). The van der Waals surface area contributed by atoms with Crippen molar-refractivity contribution in [3.63, 3.8) is 0 Å². The molecule has 29 heavy (non-hydrogen) atoms. The van der Waals surface area contributed by atoms with E-state index in [1.165, 1.54) is 36.9 Å². The number of esters is 1. The Morgan fingerprint density at radius 1 is 1.07 bits per heavy atom. The zero-order valence-corrected chi connectivity index (χ0v) is 15.4. The first-order chi connectivity index (χ1) is 13.7. The summed E-state index contributed by atoms with van der Waals surface area (Å²) in [7, 11) is 1.18. The lowest BCUT2D eigenvalue weighted by molar-refractivity contribution is -0.138. The second-order valence-electron chi connectivity index (χ2n) is 6.14. The minimum atomic E-state index is -4.55. The molecular formula is C20H16F3N3O3. The Balaban J connectivity index is 1.99. The fraction of sp³-hybridized carbons (Fsp3) is 0.150. The molecule has 6 nitrogen and oxygen atoms in total. The molecule has 1 N–H and O–H groups in total. The lowest BCUT2D eigenvalue weighted by Crippen LogP contribution is -2.17. The van der Waals surface area contributed by atoms with Crippen LogP contribution in [0.25, 0.3) is 5.69 Å². The number of alkyl halides is 3. The van der Waals surface area contributed by atoms with E-state index >= 15 is 0 Å². The summed E-state index contributed by atoms with van der Waals surface area (Å²) in [5, 5.41) is 6.51. The molecule has 0 atom stereocenters. The van der Waals surface area contributed by atoms with Gasteiger partial charge in [0.25, 0.3) is 5.91 Å². The number of nitrogens with zero attached hydrogens (tertiary/aromatic N) is 2. The highest BCUT2D eigenvalue weighted by Gasteiger charge is 2.32. The van der Waals surface area contributed by atoms with Gasteiger partial charge in [0.05, 0.1) is 18.4 Å². The Labute approximate surface area is 163 Å². The van der Waals surface area contributed by atoms with Crippen molar-refractivity contribution >= 4 is 17.6 Å². The molecule has 0 unspecified atom stereocenters. The lowest BCUT2D eigenvalue weighted by atomic mass is 10.1. The molecule has 1 heterocycles. The number of anilines is 1. The van der Waals surface area contributed by atoms with Crippen LogP contribution in [0.4, 0.5) is 18.9 Å². The maximum Gasteiger partial charge on any atom is 0.416 e. The number of aryl methyl sites for hydroxylation is 1. The van der Waals surface area contributed by atoms with Crippen LogP contribution in [0, 0.1) is 6.92 Å². The van der Waals surface area contributed by atoms with Crippen LogP contribution in [-0.2, 0) is 10.9 Å². The third-order valence-corrected chi connectivity index (χ3v) is 4.14. The van der Waals surface area contributed by atoms with E-state index in [0.29, 0.717) is 5.69 Å². The molecule has 0 bridgehead atoms. The number of para-hydroxylation sites is 1. The quantitative estimate of drug-likeness (QED) is 0.662. The molecule has 1 aromatic heterocycles. The summed E-state index contributed by atoms with van der Waals surface area (Å²) >= 11 is 0. The van der Waals surface area contributed by atoms with Crippen LogP contribution >= 0.6 is 0 Å². The van der Waals surface area contributed by atoms with Crippen molar-refractivity contribution in [2.45, 2.75) is 13.1 Å². The summed E-state index contributed by atoms with van der Waals surface area (Å²) in [6.45, 7) is 1.33. The van der Waals surface area contributed by atoms with E-state index < -0.39 is 23.6 Å².